The summed E-state index contributed by atoms with van der Waals surface area (Å²) in [5.41, 5.74) is 0.168. The second-order valence-corrected chi connectivity index (χ2v) is 6.63. The minimum atomic E-state index is -0.797. The molecule has 0 amide bonds. The Balaban J connectivity index is 2.52. The van der Waals surface area contributed by atoms with Crippen LogP contribution in [-0.4, -0.2) is 30.6 Å². The van der Waals surface area contributed by atoms with Crippen LogP contribution in [0.15, 0.2) is 23.3 Å². The Morgan fingerprint density at radius 1 is 1.33 bits per heavy atom. The molecule has 132 valence electrons. The molecular weight excluding hydrogens is 351 g/mol. The third-order valence-corrected chi connectivity index (χ3v) is 4.48. The number of benzene rings is 1. The van der Waals surface area contributed by atoms with Gasteiger partial charge in [0.15, 0.2) is 11.4 Å². The summed E-state index contributed by atoms with van der Waals surface area (Å²) in [5, 5.41) is 7.15. The van der Waals surface area contributed by atoms with Crippen LogP contribution in [0.25, 0.3) is 0 Å². The number of hydrogen-bond acceptors (Lipinski definition) is 5. The molecule has 1 heterocycles. The van der Waals surface area contributed by atoms with E-state index in [9.17, 15) is 4.79 Å². The van der Waals surface area contributed by atoms with Gasteiger partial charge in [0.1, 0.15) is 0 Å². The standard InChI is InChI=1S/C17H22Cl2N2O3/c1-5-23-16(22)14-10-17(11(3)4,24-6-2)21(20-14)15-8-7-12(18)9-13(15)19/h7-9,11H,5-6,10H2,1-4H3. The molecular formula is C17H22Cl2N2O3. The molecule has 0 N–H and O–H groups in total. The molecule has 1 aromatic carbocycles. The van der Waals surface area contributed by atoms with Crippen molar-refractivity contribution in [2.24, 2.45) is 11.0 Å². The summed E-state index contributed by atoms with van der Waals surface area (Å²) >= 11 is 12.4. The lowest BCUT2D eigenvalue weighted by molar-refractivity contribution is -0.135. The van der Waals surface area contributed by atoms with Crippen LogP contribution < -0.4 is 5.01 Å². The third-order valence-electron chi connectivity index (χ3n) is 3.95. The molecule has 7 heteroatoms. The van der Waals surface area contributed by atoms with Gasteiger partial charge >= 0.3 is 5.97 Å². The summed E-state index contributed by atoms with van der Waals surface area (Å²) in [4.78, 5) is 12.2. The van der Waals surface area contributed by atoms with Crippen molar-refractivity contribution in [3.63, 3.8) is 0 Å². The van der Waals surface area contributed by atoms with Crippen LogP contribution in [0.3, 0.4) is 0 Å². The molecule has 1 unspecified atom stereocenters. The van der Waals surface area contributed by atoms with Crippen LogP contribution in [0.2, 0.25) is 10.0 Å². The van der Waals surface area contributed by atoms with Crippen LogP contribution in [0.5, 0.6) is 0 Å². The zero-order valence-corrected chi connectivity index (χ0v) is 15.8. The summed E-state index contributed by atoms with van der Waals surface area (Å²) in [5.74, 6) is -0.380. The van der Waals surface area contributed by atoms with Crippen molar-refractivity contribution >= 4 is 40.6 Å². The molecule has 0 saturated carbocycles. The largest absolute Gasteiger partial charge is 0.461 e. The quantitative estimate of drug-likeness (QED) is 0.689. The van der Waals surface area contributed by atoms with Crippen molar-refractivity contribution in [2.75, 3.05) is 18.2 Å². The lowest BCUT2D eigenvalue weighted by Gasteiger charge is -2.40. The van der Waals surface area contributed by atoms with Gasteiger partial charge in [-0.25, -0.2) is 9.80 Å². The number of nitrogens with zero attached hydrogens (tertiary/aromatic N) is 2. The molecule has 5 nitrogen and oxygen atoms in total. The number of hydrazone groups is 1. The average Bonchev–Trinajstić information content (AvgIpc) is 2.89. The Morgan fingerprint density at radius 2 is 2.04 bits per heavy atom. The molecule has 0 aromatic heterocycles. The lowest BCUT2D eigenvalue weighted by atomic mass is 9.93. The van der Waals surface area contributed by atoms with E-state index < -0.39 is 11.7 Å². The summed E-state index contributed by atoms with van der Waals surface area (Å²) in [6.07, 6.45) is 0.330. The predicted octanol–water partition coefficient (Wildman–Crippen LogP) is 4.51. The maximum Gasteiger partial charge on any atom is 0.354 e. The van der Waals surface area contributed by atoms with Gasteiger partial charge in [0.2, 0.25) is 0 Å². The monoisotopic (exact) mass is 372 g/mol. The number of anilines is 1. The van der Waals surface area contributed by atoms with E-state index in [1.807, 2.05) is 20.8 Å². The van der Waals surface area contributed by atoms with Gasteiger partial charge in [0.05, 0.1) is 17.3 Å². The van der Waals surface area contributed by atoms with E-state index in [1.165, 1.54) is 0 Å². The zero-order chi connectivity index (χ0) is 17.9. The van der Waals surface area contributed by atoms with Crippen molar-refractivity contribution in [1.82, 2.24) is 0 Å². The zero-order valence-electron chi connectivity index (χ0n) is 14.3. The molecule has 0 fully saturated rings. The average molecular weight is 373 g/mol. The minimum Gasteiger partial charge on any atom is -0.461 e. The van der Waals surface area contributed by atoms with E-state index in [0.29, 0.717) is 41.1 Å². The fourth-order valence-electron chi connectivity index (χ4n) is 2.77. The molecule has 1 aliphatic heterocycles. The highest BCUT2D eigenvalue weighted by Gasteiger charge is 2.49. The fraction of sp³-hybridized carbons (Fsp3) is 0.529. The first-order chi connectivity index (χ1) is 11.4. The Labute approximate surface area is 152 Å². The fourth-order valence-corrected chi connectivity index (χ4v) is 3.26. The summed E-state index contributed by atoms with van der Waals surface area (Å²) in [7, 11) is 0. The van der Waals surface area contributed by atoms with Gasteiger partial charge in [-0.1, -0.05) is 37.0 Å². The maximum absolute atomic E-state index is 12.2. The second kappa shape index (κ2) is 7.72. The van der Waals surface area contributed by atoms with Crippen molar-refractivity contribution in [1.29, 1.82) is 0 Å². The van der Waals surface area contributed by atoms with Gasteiger partial charge in [0, 0.05) is 24.0 Å². The minimum absolute atomic E-state index is 0.0554. The van der Waals surface area contributed by atoms with E-state index in [4.69, 9.17) is 32.7 Å². The van der Waals surface area contributed by atoms with Crippen LogP contribution in [0, 0.1) is 5.92 Å². The molecule has 24 heavy (non-hydrogen) atoms. The normalized spacial score (nSPS) is 20.5. The Kier molecular flexibility index (Phi) is 6.12. The first-order valence-corrected chi connectivity index (χ1v) is 8.75. The SMILES string of the molecule is CCOC(=O)C1=NN(c2ccc(Cl)cc2Cl)C(OCC)(C(C)C)C1. The third kappa shape index (κ3) is 3.53. The number of rotatable bonds is 6. The highest BCUT2D eigenvalue weighted by Crippen LogP contribution is 2.42. The van der Waals surface area contributed by atoms with Crippen LogP contribution >= 0.6 is 23.2 Å². The predicted molar refractivity (Wildman–Crippen MR) is 96.8 cm³/mol. The van der Waals surface area contributed by atoms with Gasteiger partial charge in [-0.05, 0) is 32.0 Å². The van der Waals surface area contributed by atoms with Crippen LogP contribution in [-0.2, 0) is 14.3 Å². The molecule has 0 bridgehead atoms. The molecule has 0 radical (unpaired) electrons. The number of esters is 1. The Morgan fingerprint density at radius 3 is 2.58 bits per heavy atom. The smallest absolute Gasteiger partial charge is 0.354 e. The van der Waals surface area contributed by atoms with Gasteiger partial charge in [-0.3, -0.25) is 0 Å². The number of halogens is 2. The molecule has 0 saturated heterocycles. The van der Waals surface area contributed by atoms with E-state index in [0.717, 1.165) is 0 Å². The maximum atomic E-state index is 12.2. The summed E-state index contributed by atoms with van der Waals surface area (Å²) in [6.45, 7) is 8.49. The molecule has 1 aliphatic rings. The van der Waals surface area contributed by atoms with Crippen LogP contribution in [0.1, 0.15) is 34.1 Å². The molecule has 0 aliphatic carbocycles. The van der Waals surface area contributed by atoms with Crippen molar-refractivity contribution < 1.29 is 14.3 Å². The van der Waals surface area contributed by atoms with E-state index >= 15 is 0 Å². The van der Waals surface area contributed by atoms with E-state index in [-0.39, 0.29) is 5.92 Å². The molecule has 1 aromatic rings. The highest BCUT2D eigenvalue weighted by atomic mass is 35.5. The lowest BCUT2D eigenvalue weighted by Crippen LogP contribution is -2.50. The van der Waals surface area contributed by atoms with Gasteiger partial charge in [-0.2, -0.15) is 5.10 Å². The topological polar surface area (TPSA) is 51.1 Å². The van der Waals surface area contributed by atoms with Crippen LogP contribution in [0.4, 0.5) is 5.69 Å². The van der Waals surface area contributed by atoms with Crippen molar-refractivity contribution in [2.45, 2.75) is 39.8 Å². The van der Waals surface area contributed by atoms with Gasteiger partial charge in [0.25, 0.3) is 0 Å². The second-order valence-electron chi connectivity index (χ2n) is 5.78. The molecule has 0 spiro atoms. The first kappa shape index (κ1) is 19.0. The number of carbonyl (C=O) groups excluding carboxylic acids is 1. The summed E-state index contributed by atoms with van der Waals surface area (Å²) in [6, 6.07) is 5.16. The van der Waals surface area contributed by atoms with E-state index in [2.05, 4.69) is 5.10 Å². The first-order valence-electron chi connectivity index (χ1n) is 7.99. The van der Waals surface area contributed by atoms with Crippen molar-refractivity contribution in [3.05, 3.63) is 28.2 Å². The summed E-state index contributed by atoms with van der Waals surface area (Å²) < 4.78 is 11.2. The van der Waals surface area contributed by atoms with Crippen molar-refractivity contribution in [3.8, 4) is 0 Å². The number of ether oxygens (including phenoxy) is 2. The van der Waals surface area contributed by atoms with Gasteiger partial charge < -0.3 is 9.47 Å². The number of hydrogen-bond donors (Lipinski definition) is 0. The van der Waals surface area contributed by atoms with E-state index in [1.54, 1.807) is 30.1 Å². The number of carbonyl (C=O) groups is 1. The molecule has 1 atom stereocenters. The highest BCUT2D eigenvalue weighted by molar-refractivity contribution is 6.38. The Bertz CT molecular complexity index is 649. The molecule has 2 rings (SSSR count). The van der Waals surface area contributed by atoms with Gasteiger partial charge in [-0.15, -0.1) is 0 Å². The Hall–Kier alpha value is -1.30.